The zero-order valence-corrected chi connectivity index (χ0v) is 15.2. The highest BCUT2D eigenvalue weighted by molar-refractivity contribution is 7.91. The van der Waals surface area contributed by atoms with Crippen LogP contribution in [0.25, 0.3) is 21.7 Å². The van der Waals surface area contributed by atoms with Crippen LogP contribution in [0.5, 0.6) is 5.75 Å². The molecule has 0 amide bonds. The van der Waals surface area contributed by atoms with Gasteiger partial charge in [-0.25, -0.2) is 8.42 Å². The van der Waals surface area contributed by atoms with Crippen LogP contribution in [-0.4, -0.2) is 20.5 Å². The summed E-state index contributed by atoms with van der Waals surface area (Å²) in [6, 6.07) is 17.9. The Balaban J connectivity index is 2.08. The van der Waals surface area contributed by atoms with Crippen molar-refractivity contribution in [3.05, 3.63) is 72.4 Å². The zero-order valence-electron chi connectivity index (χ0n) is 14.4. The number of methoxy groups -OCH3 is 1. The maximum absolute atomic E-state index is 13.2. The van der Waals surface area contributed by atoms with E-state index in [9.17, 15) is 8.42 Å². The first-order valence-corrected chi connectivity index (χ1v) is 9.67. The molecule has 4 aromatic rings. The molecule has 4 nitrogen and oxygen atoms in total. The summed E-state index contributed by atoms with van der Waals surface area (Å²) in [5, 5.41) is 2.33. The molecule has 0 aliphatic carbocycles. The molecule has 1 aromatic heterocycles. The Morgan fingerprint density at radius 3 is 2.27 bits per heavy atom. The van der Waals surface area contributed by atoms with Crippen molar-refractivity contribution in [3.63, 3.8) is 0 Å². The van der Waals surface area contributed by atoms with Crippen molar-refractivity contribution < 1.29 is 13.2 Å². The van der Waals surface area contributed by atoms with Crippen molar-refractivity contribution in [3.8, 4) is 5.75 Å². The molecule has 0 N–H and O–H groups in total. The van der Waals surface area contributed by atoms with Crippen LogP contribution < -0.4 is 4.74 Å². The standard InChI is InChI=1S/C21H17NO3S/c1-14-7-9-15(10-8-14)26(23,24)20-11-12-22-21-17-6-4-3-5-16(17)19(25-2)13-18(20)21/h3-13H,1-2H3. The number of pyridine rings is 1. The fourth-order valence-corrected chi connectivity index (χ4v) is 4.60. The molecule has 1 heterocycles. The molecule has 0 unspecified atom stereocenters. The maximum atomic E-state index is 13.2. The molecular formula is C21H17NO3S. The fraction of sp³-hybridized carbons (Fsp3) is 0.0952. The predicted molar refractivity (Wildman–Crippen MR) is 102 cm³/mol. The minimum atomic E-state index is -3.67. The summed E-state index contributed by atoms with van der Waals surface area (Å²) in [6.07, 6.45) is 1.54. The number of sulfone groups is 1. The monoisotopic (exact) mass is 363 g/mol. The van der Waals surface area contributed by atoms with Gasteiger partial charge in [-0.1, -0.05) is 42.0 Å². The van der Waals surface area contributed by atoms with Gasteiger partial charge in [-0.3, -0.25) is 4.98 Å². The quantitative estimate of drug-likeness (QED) is 0.502. The number of fused-ring (bicyclic) bond motifs is 3. The average molecular weight is 363 g/mol. The van der Waals surface area contributed by atoms with Crippen molar-refractivity contribution in [1.29, 1.82) is 0 Å². The van der Waals surface area contributed by atoms with Gasteiger partial charge in [0.2, 0.25) is 9.84 Å². The Labute approximate surface area is 152 Å². The van der Waals surface area contributed by atoms with Crippen LogP contribution in [-0.2, 0) is 9.84 Å². The Bertz CT molecular complexity index is 1230. The molecule has 26 heavy (non-hydrogen) atoms. The number of aryl methyl sites for hydroxylation is 1. The van der Waals surface area contributed by atoms with Crippen LogP contribution in [0.1, 0.15) is 5.56 Å². The lowest BCUT2D eigenvalue weighted by molar-refractivity contribution is 0.420. The summed E-state index contributed by atoms with van der Waals surface area (Å²) in [5.74, 6) is 0.626. The summed E-state index contributed by atoms with van der Waals surface area (Å²) in [6.45, 7) is 1.93. The molecule has 0 bridgehead atoms. The van der Waals surface area contributed by atoms with E-state index in [1.165, 1.54) is 0 Å². The lowest BCUT2D eigenvalue weighted by Crippen LogP contribution is -2.04. The first kappa shape index (κ1) is 16.5. The van der Waals surface area contributed by atoms with Gasteiger partial charge in [0.05, 0.1) is 22.4 Å². The van der Waals surface area contributed by atoms with Gasteiger partial charge in [-0.2, -0.15) is 0 Å². The Hall–Kier alpha value is -2.92. The lowest BCUT2D eigenvalue weighted by Gasteiger charge is -2.12. The van der Waals surface area contributed by atoms with Gasteiger partial charge in [0, 0.05) is 22.4 Å². The minimum Gasteiger partial charge on any atom is -0.496 e. The molecule has 0 aliphatic rings. The number of rotatable bonds is 3. The Kier molecular flexibility index (Phi) is 3.89. The van der Waals surface area contributed by atoms with E-state index in [0.717, 1.165) is 16.3 Å². The first-order valence-electron chi connectivity index (χ1n) is 8.18. The molecular weight excluding hydrogens is 346 g/mol. The smallest absolute Gasteiger partial charge is 0.207 e. The van der Waals surface area contributed by atoms with Gasteiger partial charge in [0.15, 0.2) is 0 Å². The maximum Gasteiger partial charge on any atom is 0.207 e. The number of hydrogen-bond acceptors (Lipinski definition) is 4. The molecule has 0 saturated heterocycles. The molecule has 0 saturated carbocycles. The van der Waals surface area contributed by atoms with E-state index < -0.39 is 9.84 Å². The van der Waals surface area contributed by atoms with Crippen LogP contribution in [0.3, 0.4) is 0 Å². The molecule has 4 rings (SSSR count). The van der Waals surface area contributed by atoms with E-state index in [4.69, 9.17) is 4.74 Å². The number of nitrogens with zero attached hydrogens (tertiary/aromatic N) is 1. The summed E-state index contributed by atoms with van der Waals surface area (Å²) >= 11 is 0. The molecule has 0 fully saturated rings. The normalized spacial score (nSPS) is 11.8. The second-order valence-corrected chi connectivity index (χ2v) is 8.06. The summed E-state index contributed by atoms with van der Waals surface area (Å²) < 4.78 is 32.0. The Morgan fingerprint density at radius 2 is 1.58 bits per heavy atom. The first-order chi connectivity index (χ1) is 12.5. The highest BCUT2D eigenvalue weighted by Crippen LogP contribution is 2.36. The van der Waals surface area contributed by atoms with E-state index in [0.29, 0.717) is 16.7 Å². The zero-order chi connectivity index (χ0) is 18.3. The summed E-state index contributed by atoms with van der Waals surface area (Å²) in [4.78, 5) is 4.94. The summed E-state index contributed by atoms with van der Waals surface area (Å²) in [5.41, 5.74) is 1.66. The van der Waals surface area contributed by atoms with Crippen LogP contribution in [0.15, 0.2) is 76.7 Å². The van der Waals surface area contributed by atoms with Crippen LogP contribution in [0.4, 0.5) is 0 Å². The van der Waals surface area contributed by atoms with E-state index in [-0.39, 0.29) is 9.79 Å². The second kappa shape index (κ2) is 6.11. The number of aromatic nitrogens is 1. The van der Waals surface area contributed by atoms with Gasteiger partial charge in [0.25, 0.3) is 0 Å². The third-order valence-corrected chi connectivity index (χ3v) is 6.34. The predicted octanol–water partition coefficient (Wildman–Crippen LogP) is 4.54. The average Bonchev–Trinajstić information content (AvgIpc) is 2.67. The van der Waals surface area contributed by atoms with Crippen LogP contribution in [0, 0.1) is 6.92 Å². The molecule has 130 valence electrons. The van der Waals surface area contributed by atoms with Crippen molar-refractivity contribution in [2.24, 2.45) is 0 Å². The number of benzene rings is 3. The highest BCUT2D eigenvalue weighted by atomic mass is 32.2. The van der Waals surface area contributed by atoms with Gasteiger partial charge >= 0.3 is 0 Å². The Morgan fingerprint density at radius 1 is 0.885 bits per heavy atom. The van der Waals surface area contributed by atoms with Crippen molar-refractivity contribution >= 4 is 31.5 Å². The third-order valence-electron chi connectivity index (χ3n) is 4.51. The molecule has 5 heteroatoms. The molecule has 0 spiro atoms. The van der Waals surface area contributed by atoms with Gasteiger partial charge < -0.3 is 4.74 Å². The topological polar surface area (TPSA) is 56.3 Å². The van der Waals surface area contributed by atoms with Crippen molar-refractivity contribution in [1.82, 2.24) is 4.98 Å². The van der Waals surface area contributed by atoms with Crippen LogP contribution in [0.2, 0.25) is 0 Å². The summed E-state index contributed by atoms with van der Waals surface area (Å²) in [7, 11) is -2.09. The third kappa shape index (κ3) is 2.52. The number of hydrogen-bond donors (Lipinski definition) is 0. The van der Waals surface area contributed by atoms with Crippen molar-refractivity contribution in [2.75, 3.05) is 7.11 Å². The van der Waals surface area contributed by atoms with Gasteiger partial charge in [0.1, 0.15) is 5.75 Å². The minimum absolute atomic E-state index is 0.232. The fourth-order valence-electron chi connectivity index (χ4n) is 3.17. The molecule has 0 radical (unpaired) electrons. The molecule has 3 aromatic carbocycles. The lowest BCUT2D eigenvalue weighted by atomic mass is 10.1. The van der Waals surface area contributed by atoms with E-state index in [1.54, 1.807) is 49.7 Å². The second-order valence-electron chi connectivity index (χ2n) is 6.15. The van der Waals surface area contributed by atoms with E-state index in [2.05, 4.69) is 4.98 Å². The van der Waals surface area contributed by atoms with E-state index >= 15 is 0 Å². The highest BCUT2D eigenvalue weighted by Gasteiger charge is 2.22. The van der Waals surface area contributed by atoms with Crippen molar-refractivity contribution in [2.45, 2.75) is 16.7 Å². The van der Waals surface area contributed by atoms with Gasteiger partial charge in [-0.15, -0.1) is 0 Å². The number of ether oxygens (including phenoxy) is 1. The van der Waals surface area contributed by atoms with Gasteiger partial charge in [-0.05, 0) is 31.2 Å². The molecule has 0 atom stereocenters. The van der Waals surface area contributed by atoms with Crippen LogP contribution >= 0.6 is 0 Å². The largest absolute Gasteiger partial charge is 0.496 e. The van der Waals surface area contributed by atoms with E-state index in [1.807, 2.05) is 31.2 Å². The SMILES string of the molecule is COc1cc2c(S(=O)(=O)c3ccc(C)cc3)ccnc2c2ccccc12. The molecule has 0 aliphatic heterocycles.